The van der Waals surface area contributed by atoms with Crippen molar-refractivity contribution in [3.63, 3.8) is 0 Å². The minimum atomic E-state index is -3.70. The first-order chi connectivity index (χ1) is 12.8. The number of ether oxygens (including phenoxy) is 1. The van der Waals surface area contributed by atoms with Gasteiger partial charge < -0.3 is 10.1 Å². The van der Waals surface area contributed by atoms with Gasteiger partial charge in [-0.25, -0.2) is 16.8 Å². The fourth-order valence-electron chi connectivity index (χ4n) is 2.87. The van der Waals surface area contributed by atoms with Gasteiger partial charge in [-0.1, -0.05) is 12.1 Å². The lowest BCUT2D eigenvalue weighted by molar-refractivity contribution is -0.118. The average Bonchev–Trinajstić information content (AvgIpc) is 3.44. The van der Waals surface area contributed by atoms with Crippen molar-refractivity contribution in [1.82, 2.24) is 9.62 Å². The van der Waals surface area contributed by atoms with E-state index in [-0.39, 0.29) is 23.7 Å². The van der Waals surface area contributed by atoms with E-state index < -0.39 is 31.5 Å². The van der Waals surface area contributed by atoms with Crippen LogP contribution in [0.3, 0.4) is 0 Å². The SMILES string of the molecule is O=C(CS(=O)(=O)Cc1cccc(S(=O)(=O)N2CCOCC2)c1)NCC1CC1. The Balaban J connectivity index is 1.66. The zero-order chi connectivity index (χ0) is 19.5. The number of carbonyl (C=O) groups excluding carboxylic acids is 1. The smallest absolute Gasteiger partial charge is 0.243 e. The number of nitrogens with one attached hydrogen (secondary N) is 1. The summed E-state index contributed by atoms with van der Waals surface area (Å²) in [5.41, 5.74) is 0.347. The normalized spacial score (nSPS) is 19.0. The van der Waals surface area contributed by atoms with Crippen LogP contribution in [0, 0.1) is 5.92 Å². The van der Waals surface area contributed by atoms with E-state index >= 15 is 0 Å². The molecule has 0 unspecified atom stereocenters. The van der Waals surface area contributed by atoms with Gasteiger partial charge in [-0.2, -0.15) is 4.31 Å². The van der Waals surface area contributed by atoms with Crippen LogP contribution in [0.1, 0.15) is 18.4 Å². The van der Waals surface area contributed by atoms with Crippen molar-refractivity contribution in [3.8, 4) is 0 Å². The number of carbonyl (C=O) groups is 1. The summed E-state index contributed by atoms with van der Waals surface area (Å²) < 4.78 is 56.5. The first-order valence-electron chi connectivity index (χ1n) is 8.90. The Kier molecular flexibility index (Phi) is 6.19. The lowest BCUT2D eigenvalue weighted by Gasteiger charge is -2.26. The molecule has 0 bridgehead atoms. The summed E-state index contributed by atoms with van der Waals surface area (Å²) in [7, 11) is -7.38. The molecule has 2 aliphatic rings. The Labute approximate surface area is 159 Å². The quantitative estimate of drug-likeness (QED) is 0.646. The van der Waals surface area contributed by atoms with Crippen LogP contribution in [0.15, 0.2) is 29.2 Å². The Morgan fingerprint density at radius 3 is 2.52 bits per heavy atom. The van der Waals surface area contributed by atoms with Crippen molar-refractivity contribution in [3.05, 3.63) is 29.8 Å². The molecule has 1 aliphatic carbocycles. The number of morpholine rings is 1. The van der Waals surface area contributed by atoms with E-state index in [1.807, 2.05) is 0 Å². The van der Waals surface area contributed by atoms with Crippen molar-refractivity contribution in [2.45, 2.75) is 23.5 Å². The minimum absolute atomic E-state index is 0.0512. The number of hydrogen-bond acceptors (Lipinski definition) is 6. The van der Waals surface area contributed by atoms with E-state index in [9.17, 15) is 21.6 Å². The summed E-state index contributed by atoms with van der Waals surface area (Å²) in [6.07, 6.45) is 2.13. The summed E-state index contributed by atoms with van der Waals surface area (Å²) in [6.45, 7) is 1.73. The number of rotatable bonds is 8. The zero-order valence-electron chi connectivity index (χ0n) is 15.0. The maximum absolute atomic E-state index is 12.7. The molecule has 2 fully saturated rings. The van der Waals surface area contributed by atoms with Gasteiger partial charge in [0.2, 0.25) is 15.9 Å². The lowest BCUT2D eigenvalue weighted by atomic mass is 10.2. The monoisotopic (exact) mass is 416 g/mol. The summed E-state index contributed by atoms with van der Waals surface area (Å²) in [4.78, 5) is 11.9. The predicted octanol–water partition coefficient (Wildman–Crippen LogP) is 0.149. The molecular formula is C17H24N2O6S2. The second-order valence-corrected chi connectivity index (χ2v) is 10.9. The fourth-order valence-corrected chi connectivity index (χ4v) is 5.64. The largest absolute Gasteiger partial charge is 0.379 e. The summed E-state index contributed by atoms with van der Waals surface area (Å²) >= 11 is 0. The molecule has 3 rings (SSSR count). The van der Waals surface area contributed by atoms with Gasteiger partial charge in [-0.15, -0.1) is 0 Å². The predicted molar refractivity (Wildman–Crippen MR) is 99.2 cm³/mol. The van der Waals surface area contributed by atoms with Gasteiger partial charge in [0.15, 0.2) is 9.84 Å². The second kappa shape index (κ2) is 8.26. The molecule has 1 saturated heterocycles. The van der Waals surface area contributed by atoms with Gasteiger partial charge in [0.05, 0.1) is 23.9 Å². The van der Waals surface area contributed by atoms with Gasteiger partial charge in [0, 0.05) is 19.6 Å². The third-order valence-corrected chi connectivity index (χ3v) is 7.90. The molecule has 0 aromatic heterocycles. The Morgan fingerprint density at radius 1 is 1.15 bits per heavy atom. The van der Waals surface area contributed by atoms with Crippen molar-refractivity contribution in [2.75, 3.05) is 38.6 Å². The third-order valence-electron chi connectivity index (χ3n) is 4.53. The molecule has 0 atom stereocenters. The zero-order valence-corrected chi connectivity index (χ0v) is 16.6. The summed E-state index contributed by atoms with van der Waals surface area (Å²) in [5.74, 6) is -1.02. The Morgan fingerprint density at radius 2 is 1.85 bits per heavy atom. The van der Waals surface area contributed by atoms with E-state index in [4.69, 9.17) is 4.74 Å². The van der Waals surface area contributed by atoms with Crippen molar-refractivity contribution in [2.24, 2.45) is 5.92 Å². The van der Waals surface area contributed by atoms with Crippen LogP contribution in [0.5, 0.6) is 0 Å². The molecule has 10 heteroatoms. The minimum Gasteiger partial charge on any atom is -0.379 e. The molecule has 0 spiro atoms. The molecule has 1 aromatic carbocycles. The molecule has 8 nitrogen and oxygen atoms in total. The van der Waals surface area contributed by atoms with Crippen molar-refractivity contribution in [1.29, 1.82) is 0 Å². The van der Waals surface area contributed by atoms with Gasteiger partial charge in [-0.3, -0.25) is 4.79 Å². The highest BCUT2D eigenvalue weighted by Gasteiger charge is 2.27. The van der Waals surface area contributed by atoms with Crippen LogP contribution < -0.4 is 5.32 Å². The molecule has 27 heavy (non-hydrogen) atoms. The number of sulfone groups is 1. The van der Waals surface area contributed by atoms with Gasteiger partial charge in [-0.05, 0) is 36.5 Å². The maximum Gasteiger partial charge on any atom is 0.243 e. The molecule has 0 radical (unpaired) electrons. The fraction of sp³-hybridized carbons (Fsp3) is 0.588. The van der Waals surface area contributed by atoms with E-state index in [1.54, 1.807) is 6.07 Å². The van der Waals surface area contributed by atoms with Crippen molar-refractivity contribution >= 4 is 25.8 Å². The van der Waals surface area contributed by atoms with Crippen LogP contribution in [-0.4, -0.2) is 65.6 Å². The number of benzene rings is 1. The summed E-state index contributed by atoms with van der Waals surface area (Å²) in [6, 6.07) is 5.89. The average molecular weight is 417 g/mol. The Hall–Kier alpha value is -1.49. The molecule has 1 N–H and O–H groups in total. The third kappa shape index (κ3) is 5.74. The highest BCUT2D eigenvalue weighted by molar-refractivity contribution is 7.91. The van der Waals surface area contributed by atoms with Crippen molar-refractivity contribution < 1.29 is 26.4 Å². The van der Waals surface area contributed by atoms with Crippen LogP contribution in [-0.2, 0) is 35.1 Å². The van der Waals surface area contributed by atoms with E-state index in [0.717, 1.165) is 12.8 Å². The Bertz CT molecular complexity index is 888. The topological polar surface area (TPSA) is 110 Å². The molecule has 1 amide bonds. The maximum atomic E-state index is 12.7. The molecular weight excluding hydrogens is 392 g/mol. The highest BCUT2D eigenvalue weighted by atomic mass is 32.2. The lowest BCUT2D eigenvalue weighted by Crippen LogP contribution is -2.40. The van der Waals surface area contributed by atoms with Gasteiger partial charge in [0.1, 0.15) is 5.75 Å². The van der Waals surface area contributed by atoms with Crippen LogP contribution >= 0.6 is 0 Å². The van der Waals surface area contributed by atoms with Gasteiger partial charge >= 0.3 is 0 Å². The first kappa shape index (κ1) is 20.2. The molecule has 1 saturated carbocycles. The second-order valence-electron chi connectivity index (χ2n) is 6.94. The van der Waals surface area contributed by atoms with Crippen LogP contribution in [0.4, 0.5) is 0 Å². The first-order valence-corrected chi connectivity index (χ1v) is 12.2. The van der Waals surface area contributed by atoms with Crippen LogP contribution in [0.25, 0.3) is 0 Å². The number of sulfonamides is 1. The molecule has 1 aliphatic heterocycles. The number of nitrogens with zero attached hydrogens (tertiary/aromatic N) is 1. The van der Waals surface area contributed by atoms with E-state index in [2.05, 4.69) is 5.32 Å². The van der Waals surface area contributed by atoms with Crippen LogP contribution in [0.2, 0.25) is 0 Å². The summed E-state index contributed by atoms with van der Waals surface area (Å²) in [5, 5.41) is 2.63. The van der Waals surface area contributed by atoms with Gasteiger partial charge in [0.25, 0.3) is 0 Å². The van der Waals surface area contributed by atoms with E-state index in [0.29, 0.717) is 31.2 Å². The molecule has 1 heterocycles. The number of hydrogen-bond donors (Lipinski definition) is 1. The highest BCUT2D eigenvalue weighted by Crippen LogP contribution is 2.27. The molecule has 150 valence electrons. The number of amides is 1. The standard InChI is InChI=1S/C17H24N2O6S2/c20-17(18-11-14-4-5-14)13-26(21,22)12-15-2-1-3-16(10-15)27(23,24)19-6-8-25-9-7-19/h1-3,10,14H,4-9,11-13H2,(H,18,20). The molecule has 1 aromatic rings. The van der Waals surface area contributed by atoms with E-state index in [1.165, 1.54) is 22.5 Å².